The molecule has 0 saturated carbocycles. The molecule has 0 fully saturated rings. The van der Waals surface area contributed by atoms with Crippen molar-refractivity contribution in [3.8, 4) is 11.3 Å². The highest BCUT2D eigenvalue weighted by Crippen LogP contribution is 2.22. The third kappa shape index (κ3) is 4.61. The molecule has 3 aromatic carbocycles. The Morgan fingerprint density at radius 1 is 0.828 bits per heavy atom. The second kappa shape index (κ2) is 8.84. The van der Waals surface area contributed by atoms with Crippen LogP contribution in [0.25, 0.3) is 11.3 Å². The van der Waals surface area contributed by atoms with E-state index in [9.17, 15) is 0 Å². The van der Waals surface area contributed by atoms with E-state index < -0.39 is 0 Å². The van der Waals surface area contributed by atoms with Gasteiger partial charge in [-0.25, -0.2) is 0 Å². The third-order valence-electron chi connectivity index (χ3n) is 5.22. The zero-order chi connectivity index (χ0) is 20.1. The molecular formula is C25H26N4. The molecule has 4 rings (SSSR count). The third-order valence-corrected chi connectivity index (χ3v) is 5.22. The average Bonchev–Trinajstić information content (AvgIpc) is 3.17. The number of aromatic nitrogens is 3. The minimum atomic E-state index is 0.237. The van der Waals surface area contributed by atoms with Crippen molar-refractivity contribution < 1.29 is 0 Å². The van der Waals surface area contributed by atoms with E-state index in [-0.39, 0.29) is 6.04 Å². The van der Waals surface area contributed by atoms with E-state index in [4.69, 9.17) is 10.2 Å². The van der Waals surface area contributed by atoms with Crippen molar-refractivity contribution in [1.82, 2.24) is 20.3 Å². The van der Waals surface area contributed by atoms with Gasteiger partial charge in [0.1, 0.15) is 11.4 Å². The summed E-state index contributed by atoms with van der Waals surface area (Å²) in [5.74, 6) is 0. The number of aryl methyl sites for hydroxylation is 1. The van der Waals surface area contributed by atoms with Crippen molar-refractivity contribution in [2.45, 2.75) is 33.0 Å². The molecule has 4 aromatic rings. The van der Waals surface area contributed by atoms with Crippen LogP contribution < -0.4 is 5.32 Å². The Hall–Kier alpha value is -3.24. The van der Waals surface area contributed by atoms with Crippen molar-refractivity contribution in [1.29, 1.82) is 0 Å². The quantitative estimate of drug-likeness (QED) is 0.480. The van der Waals surface area contributed by atoms with E-state index in [2.05, 4.69) is 79.8 Å². The Labute approximate surface area is 172 Å². The topological polar surface area (TPSA) is 42.7 Å². The van der Waals surface area contributed by atoms with Gasteiger partial charge in [0.15, 0.2) is 0 Å². The lowest BCUT2D eigenvalue weighted by Gasteiger charge is -2.13. The van der Waals surface area contributed by atoms with E-state index in [1.807, 2.05) is 29.1 Å². The Morgan fingerprint density at radius 3 is 2.21 bits per heavy atom. The summed E-state index contributed by atoms with van der Waals surface area (Å²) >= 11 is 0. The van der Waals surface area contributed by atoms with Gasteiger partial charge in [-0.3, -0.25) is 0 Å². The highest BCUT2D eigenvalue weighted by Gasteiger charge is 2.15. The molecule has 0 saturated heterocycles. The van der Waals surface area contributed by atoms with Gasteiger partial charge in [-0.2, -0.15) is 15.0 Å². The monoisotopic (exact) mass is 382 g/mol. The molecule has 146 valence electrons. The summed E-state index contributed by atoms with van der Waals surface area (Å²) in [6, 6.07) is 29.4. The fourth-order valence-corrected chi connectivity index (χ4v) is 3.44. The van der Waals surface area contributed by atoms with Gasteiger partial charge in [-0.15, -0.1) is 0 Å². The molecule has 0 aliphatic heterocycles. The second-order valence-electron chi connectivity index (χ2n) is 7.33. The molecule has 1 aromatic heterocycles. The molecule has 0 aliphatic carbocycles. The van der Waals surface area contributed by atoms with Crippen LogP contribution >= 0.6 is 0 Å². The molecule has 4 heteroatoms. The lowest BCUT2D eigenvalue weighted by Crippen LogP contribution is -2.19. The number of nitrogens with one attached hydrogen (secondary N) is 1. The van der Waals surface area contributed by atoms with Crippen molar-refractivity contribution in [3.63, 3.8) is 0 Å². The lowest BCUT2D eigenvalue weighted by atomic mass is 10.1. The number of benzene rings is 3. The van der Waals surface area contributed by atoms with Crippen LogP contribution in [0.5, 0.6) is 0 Å². The minimum absolute atomic E-state index is 0.237. The highest BCUT2D eigenvalue weighted by atomic mass is 15.5. The first-order chi connectivity index (χ1) is 14.2. The number of hydrogen-bond donors (Lipinski definition) is 1. The molecule has 0 bridgehead atoms. The molecule has 0 radical (unpaired) electrons. The zero-order valence-corrected chi connectivity index (χ0v) is 16.9. The van der Waals surface area contributed by atoms with E-state index >= 15 is 0 Å². The molecule has 0 amide bonds. The molecule has 0 spiro atoms. The van der Waals surface area contributed by atoms with Crippen molar-refractivity contribution in [2.75, 3.05) is 0 Å². The summed E-state index contributed by atoms with van der Waals surface area (Å²) < 4.78 is 0. The predicted molar refractivity (Wildman–Crippen MR) is 117 cm³/mol. The molecular weight excluding hydrogens is 356 g/mol. The van der Waals surface area contributed by atoms with Crippen LogP contribution in [0.3, 0.4) is 0 Å². The minimum Gasteiger partial charge on any atom is -0.304 e. The number of hydrogen-bond acceptors (Lipinski definition) is 3. The predicted octanol–water partition coefficient (Wildman–Crippen LogP) is 5.15. The first-order valence-electron chi connectivity index (χ1n) is 10.0. The highest BCUT2D eigenvalue weighted by molar-refractivity contribution is 5.60. The maximum absolute atomic E-state index is 4.83. The van der Waals surface area contributed by atoms with Crippen LogP contribution in [-0.4, -0.2) is 15.0 Å². The second-order valence-corrected chi connectivity index (χ2v) is 7.33. The van der Waals surface area contributed by atoms with Crippen LogP contribution in [0.4, 0.5) is 0 Å². The van der Waals surface area contributed by atoms with Gasteiger partial charge in [0.05, 0.1) is 6.54 Å². The summed E-state index contributed by atoms with van der Waals surface area (Å²) in [7, 11) is 0. The van der Waals surface area contributed by atoms with Crippen LogP contribution in [0, 0.1) is 6.92 Å². The molecule has 1 heterocycles. The first kappa shape index (κ1) is 19.1. The molecule has 1 N–H and O–H groups in total. The summed E-state index contributed by atoms with van der Waals surface area (Å²) in [5, 5.41) is 13.3. The van der Waals surface area contributed by atoms with E-state index in [1.54, 1.807) is 0 Å². The number of nitrogens with zero attached hydrogens (tertiary/aromatic N) is 3. The van der Waals surface area contributed by atoms with Gasteiger partial charge < -0.3 is 5.32 Å². The van der Waals surface area contributed by atoms with Gasteiger partial charge >= 0.3 is 0 Å². The summed E-state index contributed by atoms with van der Waals surface area (Å²) in [6.45, 7) is 5.63. The maximum Gasteiger partial charge on any atom is 0.117 e. The normalized spacial score (nSPS) is 12.1. The summed E-state index contributed by atoms with van der Waals surface area (Å²) in [4.78, 5) is 1.81. The SMILES string of the molecule is Cc1ccccc1Cn1nc(CN[C@@H](C)c2ccccc2)c(-c2ccccc2)n1. The van der Waals surface area contributed by atoms with Crippen molar-refractivity contribution in [2.24, 2.45) is 0 Å². The van der Waals surface area contributed by atoms with E-state index in [0.29, 0.717) is 13.1 Å². The molecule has 1 atom stereocenters. The van der Waals surface area contributed by atoms with Crippen LogP contribution in [0.2, 0.25) is 0 Å². The van der Waals surface area contributed by atoms with Gasteiger partial charge in [0, 0.05) is 18.2 Å². The summed E-state index contributed by atoms with van der Waals surface area (Å²) in [5.41, 5.74) is 6.75. The fourth-order valence-electron chi connectivity index (χ4n) is 3.44. The maximum atomic E-state index is 4.83. The Bertz CT molecular complexity index is 1050. The Kier molecular flexibility index (Phi) is 5.82. The first-order valence-corrected chi connectivity index (χ1v) is 10.0. The Balaban J connectivity index is 1.59. The summed E-state index contributed by atoms with van der Waals surface area (Å²) in [6.07, 6.45) is 0. The van der Waals surface area contributed by atoms with Crippen molar-refractivity contribution >= 4 is 0 Å². The van der Waals surface area contributed by atoms with Crippen LogP contribution in [0.15, 0.2) is 84.9 Å². The molecule has 0 aliphatic rings. The fraction of sp³-hybridized carbons (Fsp3) is 0.200. The smallest absolute Gasteiger partial charge is 0.117 e. The molecule has 4 nitrogen and oxygen atoms in total. The van der Waals surface area contributed by atoms with Gasteiger partial charge in [0.25, 0.3) is 0 Å². The molecule has 29 heavy (non-hydrogen) atoms. The van der Waals surface area contributed by atoms with Crippen LogP contribution in [-0.2, 0) is 13.1 Å². The number of rotatable bonds is 7. The average molecular weight is 383 g/mol. The van der Waals surface area contributed by atoms with Gasteiger partial charge in [-0.05, 0) is 30.5 Å². The zero-order valence-electron chi connectivity index (χ0n) is 16.9. The Morgan fingerprint density at radius 2 is 1.48 bits per heavy atom. The van der Waals surface area contributed by atoms with Crippen LogP contribution in [0.1, 0.15) is 35.3 Å². The lowest BCUT2D eigenvalue weighted by molar-refractivity contribution is 0.546. The van der Waals surface area contributed by atoms with Gasteiger partial charge in [-0.1, -0.05) is 84.9 Å². The molecule has 0 unspecified atom stereocenters. The van der Waals surface area contributed by atoms with Crippen molar-refractivity contribution in [3.05, 3.63) is 107 Å². The van der Waals surface area contributed by atoms with Gasteiger partial charge in [0.2, 0.25) is 0 Å². The largest absolute Gasteiger partial charge is 0.304 e. The van der Waals surface area contributed by atoms with E-state index in [0.717, 1.165) is 17.0 Å². The van der Waals surface area contributed by atoms with E-state index in [1.165, 1.54) is 16.7 Å². The standard InChI is InChI=1S/C25H26N4/c1-19-11-9-10-16-23(19)18-29-27-24(25(28-29)22-14-7-4-8-15-22)17-26-20(2)21-12-5-3-6-13-21/h3-16,20,26H,17-18H2,1-2H3/t20-/m0/s1.